The normalized spacial score (nSPS) is 15.2. The van der Waals surface area contributed by atoms with Crippen molar-refractivity contribution < 1.29 is 4.74 Å². The van der Waals surface area contributed by atoms with E-state index in [2.05, 4.69) is 34.1 Å². The summed E-state index contributed by atoms with van der Waals surface area (Å²) in [6.45, 7) is 4.08. The summed E-state index contributed by atoms with van der Waals surface area (Å²) in [6.07, 6.45) is 0. The number of nitrogens with zero attached hydrogens (tertiary/aromatic N) is 4. The van der Waals surface area contributed by atoms with Crippen LogP contribution in [0.4, 0.5) is 0 Å². The molecule has 0 atom stereocenters. The number of aryl methyl sites for hydroxylation is 1. The molecule has 0 amide bonds. The number of ether oxygens (including phenoxy) is 1. The molecule has 0 aliphatic carbocycles. The van der Waals surface area contributed by atoms with Crippen molar-refractivity contribution in [3.63, 3.8) is 0 Å². The Balaban J connectivity index is 1.68. The summed E-state index contributed by atoms with van der Waals surface area (Å²) < 4.78 is 8.81. The van der Waals surface area contributed by atoms with Gasteiger partial charge in [-0.25, -0.2) is 9.78 Å². The Kier molecular flexibility index (Phi) is 4.72. The van der Waals surface area contributed by atoms with Crippen LogP contribution in [-0.2, 0) is 24.9 Å². The largest absolute Gasteiger partial charge is 0.379 e. The number of imidazole rings is 1. The number of fused-ring (bicyclic) bond motifs is 2. The Morgan fingerprint density at radius 3 is 2.63 bits per heavy atom. The maximum atomic E-state index is 12.8. The Labute approximate surface area is 172 Å². The van der Waals surface area contributed by atoms with Crippen LogP contribution in [0.3, 0.4) is 0 Å². The first-order chi connectivity index (χ1) is 14.6. The number of rotatable bonds is 4. The minimum atomic E-state index is -0.458. The SMILES string of the molecule is Cn1c(=O)[nH]c(=O)c2c1nc(CN1CCOCC1)n2Cc1cccc2ccccc12. The molecule has 1 fully saturated rings. The van der Waals surface area contributed by atoms with Gasteiger partial charge in [0.1, 0.15) is 5.82 Å². The average Bonchev–Trinajstić information content (AvgIpc) is 3.11. The third-order valence-electron chi connectivity index (χ3n) is 5.76. The molecule has 3 heterocycles. The number of benzene rings is 2. The van der Waals surface area contributed by atoms with E-state index in [0.29, 0.717) is 37.5 Å². The molecule has 0 spiro atoms. The topological polar surface area (TPSA) is 85.2 Å². The van der Waals surface area contributed by atoms with E-state index in [-0.39, 0.29) is 0 Å². The van der Waals surface area contributed by atoms with Gasteiger partial charge in [0.2, 0.25) is 0 Å². The van der Waals surface area contributed by atoms with E-state index in [9.17, 15) is 9.59 Å². The lowest BCUT2D eigenvalue weighted by atomic mass is 10.0. The van der Waals surface area contributed by atoms with E-state index in [1.54, 1.807) is 7.05 Å². The molecule has 1 aliphatic rings. The fourth-order valence-electron chi connectivity index (χ4n) is 4.13. The maximum Gasteiger partial charge on any atom is 0.329 e. The van der Waals surface area contributed by atoms with Crippen LogP contribution >= 0.6 is 0 Å². The van der Waals surface area contributed by atoms with Crippen LogP contribution in [0.25, 0.3) is 21.9 Å². The van der Waals surface area contributed by atoms with Crippen LogP contribution in [0.2, 0.25) is 0 Å². The predicted octanol–water partition coefficient (Wildman–Crippen LogP) is 1.46. The second-order valence-electron chi connectivity index (χ2n) is 7.63. The van der Waals surface area contributed by atoms with Gasteiger partial charge in [0.15, 0.2) is 11.2 Å². The summed E-state index contributed by atoms with van der Waals surface area (Å²) in [4.78, 5) is 34.3. The molecule has 30 heavy (non-hydrogen) atoms. The number of hydrogen-bond donors (Lipinski definition) is 1. The first-order valence-corrected chi connectivity index (χ1v) is 10.1. The molecular weight excluding hydrogens is 382 g/mol. The number of morpholine rings is 1. The summed E-state index contributed by atoms with van der Waals surface area (Å²) in [5, 5.41) is 2.29. The van der Waals surface area contributed by atoms with Gasteiger partial charge in [0.05, 0.1) is 26.3 Å². The van der Waals surface area contributed by atoms with Crippen molar-refractivity contribution in [3.8, 4) is 0 Å². The highest BCUT2D eigenvalue weighted by Gasteiger charge is 2.21. The van der Waals surface area contributed by atoms with E-state index < -0.39 is 11.2 Å². The van der Waals surface area contributed by atoms with Gasteiger partial charge in [-0.2, -0.15) is 0 Å². The second-order valence-corrected chi connectivity index (χ2v) is 7.63. The first-order valence-electron chi connectivity index (χ1n) is 10.1. The minimum absolute atomic E-state index is 0.408. The summed E-state index contributed by atoms with van der Waals surface area (Å²) >= 11 is 0. The van der Waals surface area contributed by atoms with Crippen LogP contribution in [0, 0.1) is 0 Å². The van der Waals surface area contributed by atoms with Crippen molar-refractivity contribution in [2.24, 2.45) is 7.05 Å². The van der Waals surface area contributed by atoms with Crippen LogP contribution in [-0.4, -0.2) is 50.3 Å². The zero-order chi connectivity index (χ0) is 20.7. The number of nitrogens with one attached hydrogen (secondary N) is 1. The molecular formula is C22H23N5O3. The molecule has 4 aromatic rings. The van der Waals surface area contributed by atoms with Gasteiger partial charge in [-0.3, -0.25) is 19.2 Å². The summed E-state index contributed by atoms with van der Waals surface area (Å²) in [7, 11) is 1.63. The molecule has 1 saturated heterocycles. The van der Waals surface area contributed by atoms with E-state index >= 15 is 0 Å². The van der Waals surface area contributed by atoms with Crippen molar-refractivity contribution in [3.05, 3.63) is 74.7 Å². The van der Waals surface area contributed by atoms with Crippen LogP contribution < -0.4 is 11.2 Å². The zero-order valence-electron chi connectivity index (χ0n) is 16.8. The third kappa shape index (κ3) is 3.24. The third-order valence-corrected chi connectivity index (χ3v) is 5.76. The molecule has 8 nitrogen and oxygen atoms in total. The molecule has 154 valence electrons. The lowest BCUT2D eigenvalue weighted by Gasteiger charge is -2.26. The summed E-state index contributed by atoms with van der Waals surface area (Å²) in [5.74, 6) is 0.770. The minimum Gasteiger partial charge on any atom is -0.379 e. The molecule has 1 N–H and O–H groups in total. The number of aromatic amines is 1. The standard InChI is InChI=1S/C22H23N5O3/c1-25-20-19(21(28)24-22(25)29)27(18(23-20)14-26-9-11-30-12-10-26)13-16-7-4-6-15-5-2-3-8-17(15)16/h2-8H,9-14H2,1H3,(H,24,28,29). The van der Waals surface area contributed by atoms with Gasteiger partial charge in [-0.05, 0) is 16.3 Å². The van der Waals surface area contributed by atoms with Crippen LogP contribution in [0.1, 0.15) is 11.4 Å². The van der Waals surface area contributed by atoms with E-state index in [4.69, 9.17) is 9.72 Å². The number of hydrogen-bond acceptors (Lipinski definition) is 5. The molecule has 1 aliphatic heterocycles. The number of aromatic nitrogens is 4. The molecule has 5 rings (SSSR count). The Bertz CT molecular complexity index is 1340. The van der Waals surface area contributed by atoms with Gasteiger partial charge in [0, 0.05) is 20.1 Å². The smallest absolute Gasteiger partial charge is 0.329 e. The first kappa shape index (κ1) is 18.8. The van der Waals surface area contributed by atoms with Gasteiger partial charge >= 0.3 is 5.69 Å². The van der Waals surface area contributed by atoms with Gasteiger partial charge in [0.25, 0.3) is 5.56 Å². The monoisotopic (exact) mass is 405 g/mol. The Hall–Kier alpha value is -3.23. The lowest BCUT2D eigenvalue weighted by Crippen LogP contribution is -2.36. The van der Waals surface area contributed by atoms with Crippen molar-refractivity contribution in [2.45, 2.75) is 13.1 Å². The van der Waals surface area contributed by atoms with Crippen LogP contribution in [0.5, 0.6) is 0 Å². The quantitative estimate of drug-likeness (QED) is 0.556. The van der Waals surface area contributed by atoms with Crippen molar-refractivity contribution in [2.75, 3.05) is 26.3 Å². The predicted molar refractivity (Wildman–Crippen MR) is 115 cm³/mol. The summed E-state index contributed by atoms with van der Waals surface area (Å²) in [6, 6.07) is 14.4. The second kappa shape index (κ2) is 7.55. The highest BCUT2D eigenvalue weighted by atomic mass is 16.5. The van der Waals surface area contributed by atoms with E-state index in [0.717, 1.165) is 35.2 Å². The Morgan fingerprint density at radius 2 is 1.80 bits per heavy atom. The number of H-pyrrole nitrogens is 1. The molecule has 8 heteroatoms. The summed E-state index contributed by atoms with van der Waals surface area (Å²) in [5.41, 5.74) is 1.07. The van der Waals surface area contributed by atoms with Crippen molar-refractivity contribution in [1.29, 1.82) is 0 Å². The molecule has 0 unspecified atom stereocenters. The molecule has 2 aromatic heterocycles. The van der Waals surface area contributed by atoms with Gasteiger partial charge in [-0.15, -0.1) is 0 Å². The maximum absolute atomic E-state index is 12.8. The van der Waals surface area contributed by atoms with Gasteiger partial charge < -0.3 is 9.30 Å². The molecule has 0 radical (unpaired) electrons. The highest BCUT2D eigenvalue weighted by Crippen LogP contribution is 2.22. The Morgan fingerprint density at radius 1 is 1.03 bits per heavy atom. The fourth-order valence-corrected chi connectivity index (χ4v) is 4.13. The van der Waals surface area contributed by atoms with E-state index in [1.165, 1.54) is 4.57 Å². The van der Waals surface area contributed by atoms with Gasteiger partial charge in [-0.1, -0.05) is 42.5 Å². The lowest BCUT2D eigenvalue weighted by molar-refractivity contribution is 0.0327. The molecule has 2 aromatic carbocycles. The van der Waals surface area contributed by atoms with Crippen molar-refractivity contribution >= 4 is 21.9 Å². The fraction of sp³-hybridized carbons (Fsp3) is 0.318. The zero-order valence-corrected chi connectivity index (χ0v) is 16.8. The van der Waals surface area contributed by atoms with E-state index in [1.807, 2.05) is 22.8 Å². The van der Waals surface area contributed by atoms with Crippen molar-refractivity contribution in [1.82, 2.24) is 24.0 Å². The van der Waals surface area contributed by atoms with Crippen LogP contribution in [0.15, 0.2) is 52.1 Å². The molecule has 0 saturated carbocycles. The molecule has 0 bridgehead atoms. The highest BCUT2D eigenvalue weighted by molar-refractivity contribution is 5.85. The average molecular weight is 405 g/mol.